The predicted octanol–water partition coefficient (Wildman–Crippen LogP) is 4.09. The zero-order valence-electron chi connectivity index (χ0n) is 18.9. The van der Waals surface area contributed by atoms with Gasteiger partial charge in [-0.05, 0) is 44.0 Å². The third-order valence-corrected chi connectivity index (χ3v) is 7.30. The summed E-state index contributed by atoms with van der Waals surface area (Å²) in [5.74, 6) is 0. The van der Waals surface area contributed by atoms with Gasteiger partial charge in [-0.3, -0.25) is 0 Å². The van der Waals surface area contributed by atoms with Crippen LogP contribution in [-0.2, 0) is 15.3 Å². The number of aryl methyl sites for hydroxylation is 1. The molecule has 1 fully saturated rings. The maximum atomic E-state index is 11.7. The van der Waals surface area contributed by atoms with Gasteiger partial charge in [-0.15, -0.1) is 0 Å². The number of anilines is 1. The van der Waals surface area contributed by atoms with Crippen LogP contribution in [0.5, 0.6) is 0 Å². The standard InChI is InChI=1S/C25H27N5O2S/c1-16-4-5-20(10-24(16)33(31)32)23-14-28-29-15-21(13-27-25(23)29)19-6-8-22(9-7-19)30-17(2)11-26-12-18(30)3/h4-10,13-15,17-18,26H,11-12H2,1-3H3,(H,31,32)/p+1/t17-,18+. The smallest absolute Gasteiger partial charge is 0.235 e. The van der Waals surface area contributed by atoms with Crippen molar-refractivity contribution in [3.63, 3.8) is 0 Å². The summed E-state index contributed by atoms with van der Waals surface area (Å²) in [5.41, 5.74) is 6.45. The molecule has 1 unspecified atom stereocenters. The van der Waals surface area contributed by atoms with Crippen molar-refractivity contribution < 1.29 is 8.76 Å². The van der Waals surface area contributed by atoms with Gasteiger partial charge < -0.3 is 10.2 Å². The van der Waals surface area contributed by atoms with Crippen LogP contribution in [0.1, 0.15) is 19.4 Å². The first-order valence-corrected chi connectivity index (χ1v) is 12.3. The lowest BCUT2D eigenvalue weighted by atomic mass is 10.0. The van der Waals surface area contributed by atoms with Crippen molar-refractivity contribution in [2.45, 2.75) is 37.8 Å². The minimum atomic E-state index is -2.41. The van der Waals surface area contributed by atoms with E-state index in [1.807, 2.05) is 31.5 Å². The zero-order chi connectivity index (χ0) is 23.1. The number of hydrogen-bond donors (Lipinski definition) is 2. The number of nitrogens with zero attached hydrogens (tertiary/aromatic N) is 4. The molecule has 5 rings (SSSR count). The summed E-state index contributed by atoms with van der Waals surface area (Å²) in [5, 5.41) is 7.97. The molecule has 0 aliphatic carbocycles. The van der Waals surface area contributed by atoms with Gasteiger partial charge >= 0.3 is 0 Å². The Kier molecular flexibility index (Phi) is 5.74. The second kappa shape index (κ2) is 8.70. The molecule has 2 N–H and O–H groups in total. The molecule has 0 radical (unpaired) electrons. The SMILES string of the molecule is Cc1ccc(-c2cnn3cc(-c4ccc(N5[C@H](C)CNC[C@@H]5C)cc4)cnc23)cc1[SH+](=O)O. The Labute approximate surface area is 195 Å². The molecule has 3 atom stereocenters. The number of rotatable bonds is 4. The molecule has 0 bridgehead atoms. The highest BCUT2D eigenvalue weighted by Crippen LogP contribution is 2.29. The summed E-state index contributed by atoms with van der Waals surface area (Å²) in [6, 6.07) is 15.1. The number of aromatic nitrogens is 3. The van der Waals surface area contributed by atoms with Crippen molar-refractivity contribution in [3.8, 4) is 22.3 Å². The van der Waals surface area contributed by atoms with Gasteiger partial charge in [-0.2, -0.15) is 9.65 Å². The summed E-state index contributed by atoms with van der Waals surface area (Å²) in [6.45, 7) is 8.31. The minimum Gasteiger partial charge on any atom is -0.364 e. The molecule has 0 spiro atoms. The molecule has 3 heterocycles. The van der Waals surface area contributed by atoms with Crippen LogP contribution in [0, 0.1) is 6.92 Å². The number of benzene rings is 2. The molecule has 170 valence electrons. The second-order valence-corrected chi connectivity index (χ2v) is 9.78. The molecule has 8 heteroatoms. The predicted molar refractivity (Wildman–Crippen MR) is 133 cm³/mol. The first-order chi connectivity index (χ1) is 15.9. The van der Waals surface area contributed by atoms with E-state index in [1.54, 1.807) is 16.8 Å². The van der Waals surface area contributed by atoms with E-state index in [0.29, 0.717) is 22.6 Å². The Hall–Kier alpha value is -3.07. The van der Waals surface area contributed by atoms with E-state index >= 15 is 0 Å². The molecule has 7 nitrogen and oxygen atoms in total. The van der Waals surface area contributed by atoms with Crippen molar-refractivity contribution in [1.82, 2.24) is 19.9 Å². The lowest BCUT2D eigenvalue weighted by Gasteiger charge is -2.41. The van der Waals surface area contributed by atoms with Crippen LogP contribution in [0.25, 0.3) is 27.9 Å². The second-order valence-electron chi connectivity index (χ2n) is 8.75. The van der Waals surface area contributed by atoms with E-state index in [0.717, 1.165) is 40.9 Å². The molecule has 1 saturated heterocycles. The van der Waals surface area contributed by atoms with Gasteiger partial charge in [0, 0.05) is 66.0 Å². The maximum absolute atomic E-state index is 11.7. The monoisotopic (exact) mass is 462 g/mol. The average molecular weight is 463 g/mol. The number of thiol groups is 1. The summed E-state index contributed by atoms with van der Waals surface area (Å²) in [7, 11) is 0. The fraction of sp³-hybridized carbons (Fsp3) is 0.280. The van der Waals surface area contributed by atoms with Crippen molar-refractivity contribution in [2.24, 2.45) is 0 Å². The molecule has 2 aromatic carbocycles. The normalized spacial score (nSPS) is 19.7. The Morgan fingerprint density at radius 2 is 1.70 bits per heavy atom. The van der Waals surface area contributed by atoms with Crippen molar-refractivity contribution in [1.29, 1.82) is 0 Å². The van der Waals surface area contributed by atoms with Gasteiger partial charge in [-0.25, -0.2) is 9.50 Å². The van der Waals surface area contributed by atoms with Crippen LogP contribution in [0.3, 0.4) is 0 Å². The summed E-state index contributed by atoms with van der Waals surface area (Å²) in [4.78, 5) is 7.58. The van der Waals surface area contributed by atoms with Crippen LogP contribution in [0.2, 0.25) is 0 Å². The molecular weight excluding hydrogens is 434 g/mol. The lowest BCUT2D eigenvalue weighted by molar-refractivity contribution is 0.432. The molecule has 33 heavy (non-hydrogen) atoms. The highest BCUT2D eigenvalue weighted by molar-refractivity contribution is 7.79. The number of fused-ring (bicyclic) bond motifs is 1. The number of piperazine rings is 1. The van der Waals surface area contributed by atoms with Crippen LogP contribution in [0.15, 0.2) is 66.0 Å². The van der Waals surface area contributed by atoms with Crippen LogP contribution >= 0.6 is 0 Å². The zero-order valence-corrected chi connectivity index (χ0v) is 19.8. The van der Waals surface area contributed by atoms with Gasteiger partial charge in [0.1, 0.15) is 0 Å². The Morgan fingerprint density at radius 1 is 1.00 bits per heavy atom. The van der Waals surface area contributed by atoms with E-state index in [4.69, 9.17) is 0 Å². The first-order valence-electron chi connectivity index (χ1n) is 11.1. The van der Waals surface area contributed by atoms with Gasteiger partial charge in [0.05, 0.1) is 6.20 Å². The quantitative estimate of drug-likeness (QED) is 0.351. The largest absolute Gasteiger partial charge is 0.364 e. The van der Waals surface area contributed by atoms with Crippen molar-refractivity contribution >= 4 is 22.4 Å². The lowest BCUT2D eigenvalue weighted by Crippen LogP contribution is -2.55. The van der Waals surface area contributed by atoms with E-state index < -0.39 is 11.1 Å². The van der Waals surface area contributed by atoms with Crippen LogP contribution < -0.4 is 10.2 Å². The van der Waals surface area contributed by atoms with Crippen molar-refractivity contribution in [3.05, 3.63) is 66.6 Å². The first kappa shape index (κ1) is 21.8. The third-order valence-electron chi connectivity index (χ3n) is 6.41. The molecule has 0 amide bonds. The average Bonchev–Trinajstić information content (AvgIpc) is 3.23. The van der Waals surface area contributed by atoms with E-state index in [-0.39, 0.29) is 0 Å². The molecule has 2 aromatic heterocycles. The Bertz CT molecular complexity index is 1320. The fourth-order valence-corrected chi connectivity index (χ4v) is 5.30. The van der Waals surface area contributed by atoms with Gasteiger partial charge in [0.25, 0.3) is 0 Å². The summed E-state index contributed by atoms with van der Waals surface area (Å²) < 4.78 is 23.0. The van der Waals surface area contributed by atoms with Crippen LogP contribution in [0.4, 0.5) is 5.69 Å². The minimum absolute atomic E-state index is 0.437. The molecule has 4 aromatic rings. The molecular formula is C25H28N5O2S+. The van der Waals surface area contributed by atoms with Gasteiger partial charge in [0.15, 0.2) is 10.5 Å². The van der Waals surface area contributed by atoms with Gasteiger partial charge in [-0.1, -0.05) is 28.5 Å². The third kappa shape index (κ3) is 4.06. The topological polar surface area (TPSA) is 82.8 Å². The molecule has 1 aliphatic rings. The number of hydrogen-bond acceptors (Lipinski definition) is 5. The van der Waals surface area contributed by atoms with E-state index in [2.05, 4.69) is 58.4 Å². The van der Waals surface area contributed by atoms with Crippen LogP contribution in [-0.4, -0.2) is 44.3 Å². The summed E-state index contributed by atoms with van der Waals surface area (Å²) >= 11 is -2.41. The van der Waals surface area contributed by atoms with Crippen molar-refractivity contribution in [2.75, 3.05) is 18.0 Å². The Morgan fingerprint density at radius 3 is 2.39 bits per heavy atom. The summed E-state index contributed by atoms with van der Waals surface area (Å²) in [6.07, 6.45) is 5.58. The molecule has 0 saturated carbocycles. The van der Waals surface area contributed by atoms with Gasteiger partial charge in [0.2, 0.25) is 11.1 Å². The Balaban J connectivity index is 1.45. The highest BCUT2D eigenvalue weighted by Gasteiger charge is 2.24. The number of nitrogens with one attached hydrogen (secondary N) is 1. The van der Waals surface area contributed by atoms with E-state index in [9.17, 15) is 8.76 Å². The highest BCUT2D eigenvalue weighted by atomic mass is 32.2. The fourth-order valence-electron chi connectivity index (χ4n) is 4.68. The maximum Gasteiger partial charge on any atom is 0.235 e. The molecule has 1 aliphatic heterocycles. The van der Waals surface area contributed by atoms with E-state index in [1.165, 1.54) is 5.69 Å².